The zero-order chi connectivity index (χ0) is 25.6. The van der Waals surface area contributed by atoms with Gasteiger partial charge in [-0.1, -0.05) is 0 Å². The molecule has 0 saturated heterocycles. The number of aliphatic carboxylic acids is 2. The number of thioether (sulfide) groups is 2. The first-order chi connectivity index (χ1) is 15.4. The highest BCUT2D eigenvalue weighted by Gasteiger charge is 2.31. The average molecular weight is 511 g/mol. The number of nitrogens with one attached hydrogen (secondary N) is 3. The van der Waals surface area contributed by atoms with Gasteiger partial charge in [0.2, 0.25) is 17.7 Å². The van der Waals surface area contributed by atoms with Gasteiger partial charge in [0.25, 0.3) is 0 Å². The first-order valence-electron chi connectivity index (χ1n) is 10.2. The predicted molar refractivity (Wildman–Crippen MR) is 126 cm³/mol. The number of nitrogens with two attached hydrogens (primary N) is 1. The van der Waals surface area contributed by atoms with Crippen molar-refractivity contribution >= 4 is 53.2 Å². The van der Waals surface area contributed by atoms with Crippen molar-refractivity contribution in [2.24, 2.45) is 5.73 Å². The standard InChI is InChI=1S/C19H34N4O8S2/c1-10(24)15(19(30)31)23-18(29)13(7-9-33-3)22-17(28)12(6-8-32-2)21-16(27)11(20)4-5-14(25)26/h10-13,15,24H,4-9,20H2,1-3H3,(H,21,27)(H,22,28)(H,23,29)(H,25,26)(H,30,31). The monoisotopic (exact) mass is 510 g/mol. The highest BCUT2D eigenvalue weighted by molar-refractivity contribution is 7.98. The molecule has 0 bridgehead atoms. The quantitative estimate of drug-likeness (QED) is 0.121. The lowest BCUT2D eigenvalue weighted by Gasteiger charge is -2.25. The number of hydrogen-bond acceptors (Lipinski definition) is 9. The number of rotatable bonds is 17. The van der Waals surface area contributed by atoms with Crippen molar-refractivity contribution in [1.82, 2.24) is 16.0 Å². The summed E-state index contributed by atoms with van der Waals surface area (Å²) in [6.07, 6.45) is 2.26. The first kappa shape index (κ1) is 31.0. The maximum atomic E-state index is 12.9. The number of carbonyl (C=O) groups is 5. The van der Waals surface area contributed by atoms with Crippen LogP contribution in [-0.2, 0) is 24.0 Å². The third-order valence-electron chi connectivity index (χ3n) is 4.54. The second-order valence-electron chi connectivity index (χ2n) is 7.29. The molecule has 0 spiro atoms. The van der Waals surface area contributed by atoms with Gasteiger partial charge in [0.15, 0.2) is 6.04 Å². The van der Waals surface area contributed by atoms with E-state index in [0.717, 1.165) is 0 Å². The lowest BCUT2D eigenvalue weighted by molar-refractivity contribution is -0.145. The summed E-state index contributed by atoms with van der Waals surface area (Å²) in [4.78, 5) is 59.8. The van der Waals surface area contributed by atoms with Gasteiger partial charge in [-0.05, 0) is 50.2 Å². The Morgan fingerprint density at radius 3 is 1.67 bits per heavy atom. The largest absolute Gasteiger partial charge is 0.481 e. The number of carboxylic acids is 2. The summed E-state index contributed by atoms with van der Waals surface area (Å²) < 4.78 is 0. The summed E-state index contributed by atoms with van der Waals surface area (Å²) in [5, 5.41) is 34.8. The van der Waals surface area contributed by atoms with Crippen molar-refractivity contribution in [2.45, 2.75) is 62.9 Å². The van der Waals surface area contributed by atoms with E-state index in [-0.39, 0.29) is 25.7 Å². The molecule has 5 unspecified atom stereocenters. The molecule has 0 heterocycles. The molecular weight excluding hydrogens is 476 g/mol. The van der Waals surface area contributed by atoms with Crippen LogP contribution in [-0.4, -0.2) is 99.3 Å². The van der Waals surface area contributed by atoms with Crippen molar-refractivity contribution in [1.29, 1.82) is 0 Å². The zero-order valence-corrected chi connectivity index (χ0v) is 20.5. The van der Waals surface area contributed by atoms with Gasteiger partial charge in [0.1, 0.15) is 12.1 Å². The molecule has 190 valence electrons. The molecule has 0 aromatic carbocycles. The highest BCUT2D eigenvalue weighted by Crippen LogP contribution is 2.07. The van der Waals surface area contributed by atoms with Crippen molar-refractivity contribution in [3.8, 4) is 0 Å². The minimum absolute atomic E-state index is 0.104. The van der Waals surface area contributed by atoms with Crippen LogP contribution in [0.4, 0.5) is 0 Å². The fourth-order valence-electron chi connectivity index (χ4n) is 2.61. The molecule has 0 saturated carbocycles. The van der Waals surface area contributed by atoms with Gasteiger partial charge in [-0.15, -0.1) is 0 Å². The SMILES string of the molecule is CSCCC(NC(=O)C(N)CCC(=O)O)C(=O)NC(CCSC)C(=O)NC(C(=O)O)C(C)O. The second kappa shape index (κ2) is 16.6. The molecule has 0 aliphatic heterocycles. The fraction of sp³-hybridized carbons (Fsp3) is 0.737. The number of aliphatic hydroxyl groups excluding tert-OH is 1. The van der Waals surface area contributed by atoms with Crippen LogP contribution in [0.2, 0.25) is 0 Å². The van der Waals surface area contributed by atoms with Crippen molar-refractivity contribution in [2.75, 3.05) is 24.0 Å². The highest BCUT2D eigenvalue weighted by atomic mass is 32.2. The Hall–Kier alpha value is -2.03. The normalized spacial score (nSPS) is 15.4. The number of amides is 3. The van der Waals surface area contributed by atoms with Gasteiger partial charge in [-0.2, -0.15) is 23.5 Å². The molecule has 0 aromatic heterocycles. The molecule has 0 fully saturated rings. The molecule has 0 rings (SSSR count). The minimum Gasteiger partial charge on any atom is -0.481 e. The smallest absolute Gasteiger partial charge is 0.328 e. The third-order valence-corrected chi connectivity index (χ3v) is 5.83. The second-order valence-corrected chi connectivity index (χ2v) is 9.26. The summed E-state index contributed by atoms with van der Waals surface area (Å²) >= 11 is 2.85. The molecule has 0 aliphatic carbocycles. The van der Waals surface area contributed by atoms with E-state index in [9.17, 15) is 34.2 Å². The maximum absolute atomic E-state index is 12.9. The average Bonchev–Trinajstić information content (AvgIpc) is 2.74. The Morgan fingerprint density at radius 1 is 0.818 bits per heavy atom. The molecular formula is C19H34N4O8S2. The number of hydrogen-bond donors (Lipinski definition) is 7. The molecule has 33 heavy (non-hydrogen) atoms. The van der Waals surface area contributed by atoms with Crippen LogP contribution < -0.4 is 21.7 Å². The zero-order valence-electron chi connectivity index (χ0n) is 18.9. The Bertz CT molecular complexity index is 680. The van der Waals surface area contributed by atoms with Gasteiger partial charge in [0.05, 0.1) is 12.1 Å². The lowest BCUT2D eigenvalue weighted by atomic mass is 10.1. The van der Waals surface area contributed by atoms with E-state index in [1.165, 1.54) is 30.4 Å². The lowest BCUT2D eigenvalue weighted by Crippen LogP contribution is -2.58. The van der Waals surface area contributed by atoms with E-state index >= 15 is 0 Å². The molecule has 5 atom stereocenters. The van der Waals surface area contributed by atoms with Crippen molar-refractivity contribution < 1.29 is 39.3 Å². The fourth-order valence-corrected chi connectivity index (χ4v) is 3.56. The number of aliphatic hydroxyl groups is 1. The number of carboxylic acid groups (broad SMARTS) is 2. The van der Waals surface area contributed by atoms with E-state index in [1.54, 1.807) is 6.26 Å². The predicted octanol–water partition coefficient (Wildman–Crippen LogP) is -1.40. The summed E-state index contributed by atoms with van der Waals surface area (Å²) in [7, 11) is 0. The Morgan fingerprint density at radius 2 is 1.27 bits per heavy atom. The summed E-state index contributed by atoms with van der Waals surface area (Å²) in [6, 6.07) is -4.80. The Kier molecular flexibility index (Phi) is 15.5. The van der Waals surface area contributed by atoms with Gasteiger partial charge in [-0.25, -0.2) is 4.79 Å². The minimum atomic E-state index is -1.55. The first-order valence-corrected chi connectivity index (χ1v) is 13.0. The van der Waals surface area contributed by atoms with Crippen molar-refractivity contribution in [3.63, 3.8) is 0 Å². The molecule has 0 aromatic rings. The van der Waals surface area contributed by atoms with Crippen LogP contribution in [0.5, 0.6) is 0 Å². The van der Waals surface area contributed by atoms with Crippen LogP contribution in [0.1, 0.15) is 32.6 Å². The van der Waals surface area contributed by atoms with Gasteiger partial charge in [-0.3, -0.25) is 19.2 Å². The number of carbonyl (C=O) groups excluding carboxylic acids is 3. The van der Waals surface area contributed by atoms with E-state index in [1.807, 2.05) is 6.26 Å². The van der Waals surface area contributed by atoms with Gasteiger partial charge < -0.3 is 37.0 Å². The Balaban J connectivity index is 5.38. The van der Waals surface area contributed by atoms with Crippen LogP contribution in [0, 0.1) is 0 Å². The van der Waals surface area contributed by atoms with Gasteiger partial charge >= 0.3 is 11.9 Å². The summed E-state index contributed by atoms with van der Waals surface area (Å²) in [5.74, 6) is -3.67. The molecule has 8 N–H and O–H groups in total. The topological polar surface area (TPSA) is 208 Å². The summed E-state index contributed by atoms with van der Waals surface area (Å²) in [6.45, 7) is 1.22. The van der Waals surface area contributed by atoms with E-state index in [0.29, 0.717) is 11.5 Å². The van der Waals surface area contributed by atoms with Crippen LogP contribution in [0.25, 0.3) is 0 Å². The molecule has 14 heteroatoms. The summed E-state index contributed by atoms with van der Waals surface area (Å²) in [5.41, 5.74) is 5.71. The van der Waals surface area contributed by atoms with E-state index < -0.39 is 59.9 Å². The maximum Gasteiger partial charge on any atom is 0.328 e. The molecule has 0 aliphatic rings. The third kappa shape index (κ3) is 12.7. The van der Waals surface area contributed by atoms with Crippen LogP contribution in [0.3, 0.4) is 0 Å². The van der Waals surface area contributed by atoms with E-state index in [2.05, 4.69) is 16.0 Å². The van der Waals surface area contributed by atoms with Crippen molar-refractivity contribution in [3.05, 3.63) is 0 Å². The molecule has 0 radical (unpaired) electrons. The molecule has 12 nitrogen and oxygen atoms in total. The Labute approximate surface area is 201 Å². The van der Waals surface area contributed by atoms with Gasteiger partial charge in [0, 0.05) is 6.42 Å². The van der Waals surface area contributed by atoms with Crippen LogP contribution >= 0.6 is 23.5 Å². The van der Waals surface area contributed by atoms with E-state index in [4.69, 9.17) is 10.8 Å². The molecule has 3 amide bonds. The van der Waals surface area contributed by atoms with Crippen LogP contribution in [0.15, 0.2) is 0 Å².